The van der Waals surface area contributed by atoms with E-state index in [1.807, 2.05) is 23.1 Å². The minimum atomic E-state index is -4.82. The van der Waals surface area contributed by atoms with Gasteiger partial charge in [-0.2, -0.15) is 13.2 Å². The van der Waals surface area contributed by atoms with Crippen LogP contribution in [0, 0.1) is 17.0 Å². The Balaban J connectivity index is 1.23. The Morgan fingerprint density at radius 1 is 1.08 bits per heavy atom. The first-order valence-corrected chi connectivity index (χ1v) is 12.4. The first-order chi connectivity index (χ1) is 17.6. The van der Waals surface area contributed by atoms with Gasteiger partial charge in [0.25, 0.3) is 5.69 Å². The summed E-state index contributed by atoms with van der Waals surface area (Å²) in [6, 6.07) is 11.8. The summed E-state index contributed by atoms with van der Waals surface area (Å²) in [7, 11) is 0. The molecule has 1 saturated heterocycles. The Bertz CT molecular complexity index is 1100. The molecule has 2 aliphatic rings. The van der Waals surface area contributed by atoms with E-state index < -0.39 is 22.4 Å². The van der Waals surface area contributed by atoms with E-state index in [0.717, 1.165) is 30.9 Å². The maximum atomic E-state index is 13.3. The fourth-order valence-corrected chi connectivity index (χ4v) is 4.95. The molecule has 0 spiro atoms. The molecule has 200 valence electrons. The predicted molar refractivity (Wildman–Crippen MR) is 134 cm³/mol. The van der Waals surface area contributed by atoms with Gasteiger partial charge in [-0.05, 0) is 56.4 Å². The van der Waals surface area contributed by atoms with Gasteiger partial charge in [0.2, 0.25) is 5.91 Å². The number of nitrogens with zero attached hydrogens (tertiary/aromatic N) is 3. The number of alkyl halides is 3. The zero-order valence-corrected chi connectivity index (χ0v) is 20.7. The number of halogens is 3. The number of hydrogen-bond donors (Lipinski definition) is 1. The van der Waals surface area contributed by atoms with Crippen molar-refractivity contribution in [3.05, 3.63) is 63.7 Å². The number of benzene rings is 2. The molecule has 0 bridgehead atoms. The number of nitrogens with one attached hydrogen (secondary N) is 1. The van der Waals surface area contributed by atoms with Gasteiger partial charge in [-0.25, -0.2) is 0 Å². The molecule has 2 aromatic rings. The molecule has 1 aliphatic heterocycles. The van der Waals surface area contributed by atoms with E-state index in [-0.39, 0.29) is 30.3 Å². The standard InChI is InChI=1S/C26H31F3N4O4/c1-18-15-24(33(35)36)22(26(27,28)29)16-23(18)30-19-7-9-21(10-8-19)37-17-25(34)32-13-11-31(12-14-32)20-5-3-2-4-6-20/h2-6,15-16,19,21,30H,7-14,17H2,1H3. The topological polar surface area (TPSA) is 87.9 Å². The molecule has 1 aliphatic carbocycles. The molecule has 1 amide bonds. The van der Waals surface area contributed by atoms with E-state index in [0.29, 0.717) is 44.3 Å². The number of para-hydroxylation sites is 1. The quantitative estimate of drug-likeness (QED) is 0.408. The molecular formula is C26H31F3N4O4. The van der Waals surface area contributed by atoms with Crippen LogP contribution in [0.1, 0.15) is 36.8 Å². The second-order valence-corrected chi connectivity index (χ2v) is 9.57. The highest BCUT2D eigenvalue weighted by Crippen LogP contribution is 2.39. The van der Waals surface area contributed by atoms with Crippen LogP contribution in [0.15, 0.2) is 42.5 Å². The number of carbonyl (C=O) groups excluding carboxylic acids is 1. The smallest absolute Gasteiger partial charge is 0.382 e. The van der Waals surface area contributed by atoms with Crippen LogP contribution in [0.4, 0.5) is 30.2 Å². The lowest BCUT2D eigenvalue weighted by atomic mass is 9.92. The first-order valence-electron chi connectivity index (χ1n) is 12.4. The third-order valence-electron chi connectivity index (χ3n) is 7.07. The zero-order chi connectivity index (χ0) is 26.6. The zero-order valence-electron chi connectivity index (χ0n) is 20.7. The molecule has 1 heterocycles. The number of carbonyl (C=O) groups is 1. The van der Waals surface area contributed by atoms with Crippen LogP contribution in [-0.2, 0) is 15.7 Å². The maximum Gasteiger partial charge on any atom is 0.423 e. The van der Waals surface area contributed by atoms with Gasteiger partial charge in [0, 0.05) is 49.7 Å². The highest BCUT2D eigenvalue weighted by atomic mass is 19.4. The van der Waals surface area contributed by atoms with Crippen LogP contribution in [0.25, 0.3) is 0 Å². The summed E-state index contributed by atoms with van der Waals surface area (Å²) in [6.07, 6.45) is -2.25. The van der Waals surface area contributed by atoms with Crippen molar-refractivity contribution in [2.75, 3.05) is 43.0 Å². The Labute approximate surface area is 213 Å². The maximum absolute atomic E-state index is 13.3. The molecule has 2 fully saturated rings. The summed E-state index contributed by atoms with van der Waals surface area (Å²) in [6.45, 7) is 4.39. The van der Waals surface area contributed by atoms with E-state index in [4.69, 9.17) is 4.74 Å². The van der Waals surface area contributed by atoms with Crippen molar-refractivity contribution in [1.82, 2.24) is 4.90 Å². The van der Waals surface area contributed by atoms with Crippen molar-refractivity contribution < 1.29 is 27.6 Å². The lowest BCUT2D eigenvalue weighted by molar-refractivity contribution is -0.388. The Kier molecular flexibility index (Phi) is 8.21. The van der Waals surface area contributed by atoms with Gasteiger partial charge in [-0.15, -0.1) is 0 Å². The molecule has 1 saturated carbocycles. The van der Waals surface area contributed by atoms with Crippen LogP contribution in [0.3, 0.4) is 0 Å². The minimum Gasteiger partial charge on any atom is -0.382 e. The fourth-order valence-electron chi connectivity index (χ4n) is 4.95. The average molecular weight is 521 g/mol. The normalized spacial score (nSPS) is 20.5. The van der Waals surface area contributed by atoms with Crippen molar-refractivity contribution in [3.63, 3.8) is 0 Å². The monoisotopic (exact) mass is 520 g/mol. The number of amides is 1. The van der Waals surface area contributed by atoms with Crippen LogP contribution in [0.2, 0.25) is 0 Å². The Morgan fingerprint density at radius 3 is 2.32 bits per heavy atom. The lowest BCUT2D eigenvalue weighted by Gasteiger charge is -2.36. The van der Waals surface area contributed by atoms with Crippen molar-refractivity contribution >= 4 is 23.0 Å². The van der Waals surface area contributed by atoms with Crippen molar-refractivity contribution in [1.29, 1.82) is 0 Å². The fraction of sp³-hybridized carbons (Fsp3) is 0.500. The SMILES string of the molecule is Cc1cc([N+](=O)[O-])c(C(F)(F)F)cc1NC1CCC(OCC(=O)N2CCN(c3ccccc3)CC2)CC1. The van der Waals surface area contributed by atoms with Gasteiger partial charge >= 0.3 is 6.18 Å². The number of nitro groups is 1. The van der Waals surface area contributed by atoms with Crippen molar-refractivity contribution in [2.24, 2.45) is 0 Å². The number of ether oxygens (including phenoxy) is 1. The second-order valence-electron chi connectivity index (χ2n) is 9.57. The summed E-state index contributed by atoms with van der Waals surface area (Å²) in [5.41, 5.74) is -0.428. The largest absolute Gasteiger partial charge is 0.423 e. The average Bonchev–Trinajstić information content (AvgIpc) is 2.89. The highest BCUT2D eigenvalue weighted by Gasteiger charge is 2.39. The van der Waals surface area contributed by atoms with Crippen LogP contribution >= 0.6 is 0 Å². The molecule has 0 unspecified atom stereocenters. The Morgan fingerprint density at radius 2 is 1.73 bits per heavy atom. The van der Waals surface area contributed by atoms with E-state index >= 15 is 0 Å². The van der Waals surface area contributed by atoms with Gasteiger partial charge in [0.1, 0.15) is 12.2 Å². The number of hydrogen-bond acceptors (Lipinski definition) is 6. The third-order valence-corrected chi connectivity index (χ3v) is 7.07. The van der Waals surface area contributed by atoms with E-state index in [1.165, 1.54) is 0 Å². The number of piperazine rings is 1. The summed E-state index contributed by atoms with van der Waals surface area (Å²) in [5, 5.41) is 14.2. The molecular weight excluding hydrogens is 489 g/mol. The van der Waals surface area contributed by atoms with Gasteiger partial charge in [-0.1, -0.05) is 18.2 Å². The van der Waals surface area contributed by atoms with E-state index in [9.17, 15) is 28.1 Å². The number of aryl methyl sites for hydroxylation is 1. The molecule has 8 nitrogen and oxygen atoms in total. The van der Waals surface area contributed by atoms with E-state index in [1.54, 1.807) is 6.92 Å². The van der Waals surface area contributed by atoms with Gasteiger partial charge < -0.3 is 19.9 Å². The number of nitro benzene ring substituents is 1. The molecule has 2 aromatic carbocycles. The number of anilines is 2. The molecule has 37 heavy (non-hydrogen) atoms. The van der Waals surface area contributed by atoms with Crippen LogP contribution < -0.4 is 10.2 Å². The Hall–Kier alpha value is -3.34. The van der Waals surface area contributed by atoms with Crippen molar-refractivity contribution in [2.45, 2.75) is 50.9 Å². The van der Waals surface area contributed by atoms with Crippen LogP contribution in [-0.4, -0.2) is 60.7 Å². The van der Waals surface area contributed by atoms with Crippen LogP contribution in [0.5, 0.6) is 0 Å². The minimum absolute atomic E-state index is 0.0184. The number of rotatable bonds is 7. The highest BCUT2D eigenvalue weighted by molar-refractivity contribution is 5.77. The van der Waals surface area contributed by atoms with Gasteiger partial charge in [-0.3, -0.25) is 14.9 Å². The first kappa shape index (κ1) is 26.7. The second kappa shape index (κ2) is 11.4. The summed E-state index contributed by atoms with van der Waals surface area (Å²) >= 11 is 0. The van der Waals surface area contributed by atoms with Gasteiger partial charge in [0.15, 0.2) is 0 Å². The molecule has 0 atom stereocenters. The predicted octanol–water partition coefficient (Wildman–Crippen LogP) is 5.01. The molecule has 0 aromatic heterocycles. The molecule has 4 rings (SSSR count). The molecule has 11 heteroatoms. The lowest BCUT2D eigenvalue weighted by Crippen LogP contribution is -2.50. The summed E-state index contributed by atoms with van der Waals surface area (Å²) < 4.78 is 45.9. The van der Waals surface area contributed by atoms with Gasteiger partial charge in [0.05, 0.1) is 11.0 Å². The molecule has 1 N–H and O–H groups in total. The summed E-state index contributed by atoms with van der Waals surface area (Å²) in [5.74, 6) is -0.0332. The third kappa shape index (κ3) is 6.71. The summed E-state index contributed by atoms with van der Waals surface area (Å²) in [4.78, 5) is 26.8. The van der Waals surface area contributed by atoms with E-state index in [2.05, 4.69) is 22.3 Å². The molecule has 0 radical (unpaired) electrons. The van der Waals surface area contributed by atoms with Crippen molar-refractivity contribution in [3.8, 4) is 0 Å².